The summed E-state index contributed by atoms with van der Waals surface area (Å²) in [5.74, 6) is 0.760. The van der Waals surface area contributed by atoms with Crippen LogP contribution >= 0.6 is 15.9 Å². The summed E-state index contributed by atoms with van der Waals surface area (Å²) in [4.78, 5) is 0. The Morgan fingerprint density at radius 3 is 2.40 bits per heavy atom. The minimum absolute atomic E-state index is 0.454. The molecule has 1 saturated carbocycles. The van der Waals surface area contributed by atoms with Gasteiger partial charge in [0, 0.05) is 17.4 Å². The molecule has 0 aromatic rings. The predicted molar refractivity (Wildman–Crippen MR) is 69.6 cm³/mol. The molecule has 0 N–H and O–H groups in total. The smallest absolute Gasteiger partial charge is 0.0530 e. The number of ether oxygens (including phenoxy) is 1. The van der Waals surface area contributed by atoms with Crippen LogP contribution in [-0.2, 0) is 4.74 Å². The minimum atomic E-state index is 0.454. The third-order valence-corrected chi connectivity index (χ3v) is 4.63. The van der Waals surface area contributed by atoms with Crippen LogP contribution in [0.15, 0.2) is 0 Å². The van der Waals surface area contributed by atoms with E-state index in [1.165, 1.54) is 38.5 Å². The largest absolute Gasteiger partial charge is 0.381 e. The molecule has 1 aliphatic rings. The van der Waals surface area contributed by atoms with Gasteiger partial charge in [-0.25, -0.2) is 0 Å². The Hall–Kier alpha value is 0.440. The van der Waals surface area contributed by atoms with E-state index in [1.54, 1.807) is 0 Å². The maximum atomic E-state index is 5.85. The third kappa shape index (κ3) is 4.86. The first-order valence-electron chi connectivity index (χ1n) is 6.32. The van der Waals surface area contributed by atoms with Crippen LogP contribution in [0.1, 0.15) is 52.4 Å². The summed E-state index contributed by atoms with van der Waals surface area (Å²) in [6, 6.07) is 0. The maximum Gasteiger partial charge on any atom is 0.0530 e. The van der Waals surface area contributed by atoms with Crippen molar-refractivity contribution >= 4 is 15.9 Å². The molecule has 15 heavy (non-hydrogen) atoms. The van der Waals surface area contributed by atoms with E-state index < -0.39 is 0 Å². The Morgan fingerprint density at radius 1 is 1.20 bits per heavy atom. The van der Waals surface area contributed by atoms with Crippen LogP contribution in [0, 0.1) is 11.3 Å². The Bertz CT molecular complexity index is 162. The van der Waals surface area contributed by atoms with Crippen molar-refractivity contribution in [2.24, 2.45) is 11.3 Å². The molecule has 0 atom stereocenters. The van der Waals surface area contributed by atoms with Crippen molar-refractivity contribution in [2.75, 3.05) is 18.5 Å². The standard InChI is InChI=1S/C13H25BrO/c1-12(2)6-9-15-11-13(10-14)7-4-3-5-8-13/h12H,3-11H2,1-2H3. The van der Waals surface area contributed by atoms with Gasteiger partial charge in [0.25, 0.3) is 0 Å². The van der Waals surface area contributed by atoms with Crippen molar-refractivity contribution < 1.29 is 4.74 Å². The first-order valence-corrected chi connectivity index (χ1v) is 7.44. The van der Waals surface area contributed by atoms with Crippen LogP contribution < -0.4 is 0 Å². The van der Waals surface area contributed by atoms with Crippen molar-refractivity contribution in [1.29, 1.82) is 0 Å². The molecule has 0 aromatic carbocycles. The maximum absolute atomic E-state index is 5.85. The number of hydrogen-bond donors (Lipinski definition) is 0. The van der Waals surface area contributed by atoms with Crippen LogP contribution in [0.3, 0.4) is 0 Å². The number of halogens is 1. The lowest BCUT2D eigenvalue weighted by atomic mass is 9.76. The van der Waals surface area contributed by atoms with Crippen molar-refractivity contribution in [1.82, 2.24) is 0 Å². The van der Waals surface area contributed by atoms with Gasteiger partial charge in [-0.1, -0.05) is 49.0 Å². The molecule has 2 heteroatoms. The second kappa shape index (κ2) is 6.90. The molecule has 90 valence electrons. The molecule has 0 unspecified atom stereocenters. The van der Waals surface area contributed by atoms with E-state index in [0.717, 1.165) is 24.5 Å². The van der Waals surface area contributed by atoms with Crippen molar-refractivity contribution in [3.05, 3.63) is 0 Å². The highest BCUT2D eigenvalue weighted by Crippen LogP contribution is 2.38. The molecule has 0 saturated heterocycles. The summed E-state index contributed by atoms with van der Waals surface area (Å²) in [5, 5.41) is 1.11. The van der Waals surface area contributed by atoms with E-state index >= 15 is 0 Å². The number of alkyl halides is 1. The second-order valence-corrected chi connectivity index (χ2v) is 5.99. The average molecular weight is 277 g/mol. The summed E-state index contributed by atoms with van der Waals surface area (Å²) in [6.07, 6.45) is 8.08. The van der Waals surface area contributed by atoms with E-state index in [-0.39, 0.29) is 0 Å². The summed E-state index contributed by atoms with van der Waals surface area (Å²) in [7, 11) is 0. The lowest BCUT2D eigenvalue weighted by Gasteiger charge is -2.35. The van der Waals surface area contributed by atoms with E-state index in [0.29, 0.717) is 5.41 Å². The molecular weight excluding hydrogens is 252 g/mol. The Balaban J connectivity index is 2.20. The van der Waals surface area contributed by atoms with E-state index in [9.17, 15) is 0 Å². The molecule has 0 aliphatic heterocycles. The van der Waals surface area contributed by atoms with Gasteiger partial charge < -0.3 is 4.74 Å². The molecule has 0 amide bonds. The zero-order valence-electron chi connectivity index (χ0n) is 10.2. The van der Waals surface area contributed by atoms with Gasteiger partial charge in [-0.2, -0.15) is 0 Å². The highest BCUT2D eigenvalue weighted by molar-refractivity contribution is 9.09. The molecule has 0 spiro atoms. The lowest BCUT2D eigenvalue weighted by Crippen LogP contribution is -2.31. The molecule has 0 heterocycles. The summed E-state index contributed by atoms with van der Waals surface area (Å²) in [5.41, 5.74) is 0.454. The van der Waals surface area contributed by atoms with Crippen LogP contribution in [0.2, 0.25) is 0 Å². The highest BCUT2D eigenvalue weighted by Gasteiger charge is 2.30. The average Bonchev–Trinajstić information content (AvgIpc) is 2.26. The molecular formula is C13H25BrO. The molecule has 0 bridgehead atoms. The number of hydrogen-bond acceptors (Lipinski definition) is 1. The van der Waals surface area contributed by atoms with E-state index in [2.05, 4.69) is 29.8 Å². The molecule has 1 fully saturated rings. The second-order valence-electron chi connectivity index (χ2n) is 5.43. The van der Waals surface area contributed by atoms with Crippen molar-refractivity contribution in [3.63, 3.8) is 0 Å². The van der Waals surface area contributed by atoms with Gasteiger partial charge >= 0.3 is 0 Å². The van der Waals surface area contributed by atoms with Gasteiger partial charge in [0.05, 0.1) is 6.61 Å². The normalized spacial score (nSPS) is 20.8. The Labute approximate surface area is 103 Å². The SMILES string of the molecule is CC(C)CCOCC1(CBr)CCCCC1. The van der Waals surface area contributed by atoms with Crippen LogP contribution in [-0.4, -0.2) is 18.5 Å². The monoisotopic (exact) mass is 276 g/mol. The zero-order chi connectivity index (χ0) is 11.1. The fourth-order valence-corrected chi connectivity index (χ4v) is 2.95. The van der Waals surface area contributed by atoms with Gasteiger partial charge in [-0.05, 0) is 25.2 Å². The topological polar surface area (TPSA) is 9.23 Å². The fraction of sp³-hybridized carbons (Fsp3) is 1.00. The first-order chi connectivity index (χ1) is 7.18. The van der Waals surface area contributed by atoms with Gasteiger partial charge in [0.1, 0.15) is 0 Å². The first kappa shape index (κ1) is 13.5. The van der Waals surface area contributed by atoms with Crippen LogP contribution in [0.5, 0.6) is 0 Å². The fourth-order valence-electron chi connectivity index (χ4n) is 2.23. The van der Waals surface area contributed by atoms with E-state index in [1.807, 2.05) is 0 Å². The zero-order valence-corrected chi connectivity index (χ0v) is 11.8. The van der Waals surface area contributed by atoms with Gasteiger partial charge in [-0.15, -0.1) is 0 Å². The molecule has 1 nitrogen and oxygen atoms in total. The van der Waals surface area contributed by atoms with Crippen molar-refractivity contribution in [3.8, 4) is 0 Å². The molecule has 1 aliphatic carbocycles. The van der Waals surface area contributed by atoms with Crippen molar-refractivity contribution in [2.45, 2.75) is 52.4 Å². The van der Waals surface area contributed by atoms with Gasteiger partial charge in [0.2, 0.25) is 0 Å². The third-order valence-electron chi connectivity index (χ3n) is 3.45. The Kier molecular flexibility index (Phi) is 6.21. The van der Waals surface area contributed by atoms with Crippen LogP contribution in [0.25, 0.3) is 0 Å². The predicted octanol–water partition coefficient (Wildman–Crippen LogP) is 4.39. The highest BCUT2D eigenvalue weighted by atomic mass is 79.9. The molecule has 0 radical (unpaired) electrons. The molecule has 1 rings (SSSR count). The minimum Gasteiger partial charge on any atom is -0.381 e. The Morgan fingerprint density at radius 2 is 1.87 bits per heavy atom. The van der Waals surface area contributed by atoms with Gasteiger partial charge in [-0.3, -0.25) is 0 Å². The lowest BCUT2D eigenvalue weighted by molar-refractivity contribution is 0.0304. The van der Waals surface area contributed by atoms with Gasteiger partial charge in [0.15, 0.2) is 0 Å². The summed E-state index contributed by atoms with van der Waals surface area (Å²) >= 11 is 3.67. The summed E-state index contributed by atoms with van der Waals surface area (Å²) < 4.78 is 5.85. The van der Waals surface area contributed by atoms with E-state index in [4.69, 9.17) is 4.74 Å². The van der Waals surface area contributed by atoms with Crippen LogP contribution in [0.4, 0.5) is 0 Å². The molecule has 0 aromatic heterocycles. The number of rotatable bonds is 6. The summed E-state index contributed by atoms with van der Waals surface area (Å²) in [6.45, 7) is 6.41. The quantitative estimate of drug-likeness (QED) is 0.516.